The SMILES string of the molecule is CCCCCN(CC(=O)Nc1nc(C)cs1)C(=O)CSc1ccccc1. The molecule has 0 fully saturated rings. The van der Waals surface area contributed by atoms with Crippen molar-refractivity contribution in [3.05, 3.63) is 41.4 Å². The molecule has 0 saturated carbocycles. The minimum atomic E-state index is -0.200. The summed E-state index contributed by atoms with van der Waals surface area (Å²) in [7, 11) is 0. The summed E-state index contributed by atoms with van der Waals surface area (Å²) < 4.78 is 0. The van der Waals surface area contributed by atoms with Crippen molar-refractivity contribution in [2.45, 2.75) is 38.0 Å². The van der Waals surface area contributed by atoms with E-state index >= 15 is 0 Å². The Balaban J connectivity index is 1.90. The van der Waals surface area contributed by atoms with Gasteiger partial charge in [-0.3, -0.25) is 9.59 Å². The van der Waals surface area contributed by atoms with Gasteiger partial charge in [0.2, 0.25) is 11.8 Å². The van der Waals surface area contributed by atoms with Gasteiger partial charge in [-0.15, -0.1) is 23.1 Å². The molecule has 1 aromatic carbocycles. The van der Waals surface area contributed by atoms with Gasteiger partial charge in [-0.1, -0.05) is 38.0 Å². The number of nitrogens with one attached hydrogen (secondary N) is 1. The Morgan fingerprint density at radius 1 is 1.23 bits per heavy atom. The molecule has 0 unspecified atom stereocenters. The first-order chi connectivity index (χ1) is 12.6. The summed E-state index contributed by atoms with van der Waals surface area (Å²) in [6.45, 7) is 4.67. The van der Waals surface area contributed by atoms with Gasteiger partial charge in [0.25, 0.3) is 0 Å². The first-order valence-corrected chi connectivity index (χ1v) is 10.6. The number of carbonyl (C=O) groups is 2. The van der Waals surface area contributed by atoms with Crippen LogP contribution < -0.4 is 5.32 Å². The fourth-order valence-corrected chi connectivity index (χ4v) is 3.87. The van der Waals surface area contributed by atoms with Crippen LogP contribution in [-0.4, -0.2) is 40.5 Å². The topological polar surface area (TPSA) is 62.3 Å². The van der Waals surface area contributed by atoms with E-state index in [1.807, 2.05) is 42.6 Å². The third-order valence-corrected chi connectivity index (χ3v) is 5.56. The van der Waals surface area contributed by atoms with Crippen molar-refractivity contribution in [1.29, 1.82) is 0 Å². The number of hydrogen-bond acceptors (Lipinski definition) is 5. The van der Waals surface area contributed by atoms with Gasteiger partial charge in [0.15, 0.2) is 5.13 Å². The molecule has 2 aromatic rings. The van der Waals surface area contributed by atoms with Crippen molar-refractivity contribution < 1.29 is 9.59 Å². The lowest BCUT2D eigenvalue weighted by Crippen LogP contribution is -2.39. The number of thioether (sulfide) groups is 1. The quantitative estimate of drug-likeness (QED) is 0.487. The molecule has 0 bridgehead atoms. The first kappa shape index (κ1) is 20.5. The van der Waals surface area contributed by atoms with Crippen molar-refractivity contribution >= 4 is 40.0 Å². The third-order valence-electron chi connectivity index (χ3n) is 3.69. The lowest BCUT2D eigenvalue weighted by molar-refractivity contribution is -0.132. The molecule has 1 heterocycles. The largest absolute Gasteiger partial charge is 0.333 e. The summed E-state index contributed by atoms with van der Waals surface area (Å²) in [4.78, 5) is 31.9. The summed E-state index contributed by atoms with van der Waals surface area (Å²) >= 11 is 2.89. The highest BCUT2D eigenvalue weighted by Gasteiger charge is 2.18. The number of nitrogens with zero attached hydrogens (tertiary/aromatic N) is 2. The van der Waals surface area contributed by atoms with Gasteiger partial charge in [-0.25, -0.2) is 4.98 Å². The minimum Gasteiger partial charge on any atom is -0.333 e. The molecule has 0 atom stereocenters. The van der Waals surface area contributed by atoms with Gasteiger partial charge in [0.1, 0.15) is 0 Å². The maximum Gasteiger partial charge on any atom is 0.245 e. The molecule has 0 spiro atoms. The lowest BCUT2D eigenvalue weighted by atomic mass is 10.2. The van der Waals surface area contributed by atoms with E-state index in [0.717, 1.165) is 29.9 Å². The smallest absolute Gasteiger partial charge is 0.245 e. The number of benzene rings is 1. The van der Waals surface area contributed by atoms with Crippen LogP contribution in [0.3, 0.4) is 0 Å². The number of carbonyl (C=O) groups excluding carboxylic acids is 2. The van der Waals surface area contributed by atoms with Crippen LogP contribution in [0.5, 0.6) is 0 Å². The molecular weight excluding hydrogens is 366 g/mol. The van der Waals surface area contributed by atoms with Crippen LogP contribution in [0.1, 0.15) is 31.9 Å². The number of aromatic nitrogens is 1. The Labute approximate surface area is 163 Å². The van der Waals surface area contributed by atoms with Crippen LogP contribution >= 0.6 is 23.1 Å². The molecule has 5 nitrogen and oxygen atoms in total. The second-order valence-corrected chi connectivity index (χ2v) is 7.87. The average Bonchev–Trinajstić information content (AvgIpc) is 3.04. The molecule has 0 saturated heterocycles. The van der Waals surface area contributed by atoms with Gasteiger partial charge in [-0.2, -0.15) is 0 Å². The molecule has 7 heteroatoms. The minimum absolute atomic E-state index is 0.0135. The highest BCUT2D eigenvalue weighted by atomic mass is 32.2. The second kappa shape index (κ2) is 11.0. The average molecular weight is 392 g/mol. The van der Waals surface area contributed by atoms with Crippen LogP contribution in [0.2, 0.25) is 0 Å². The van der Waals surface area contributed by atoms with Crippen LogP contribution in [0.4, 0.5) is 5.13 Å². The van der Waals surface area contributed by atoms with Gasteiger partial charge < -0.3 is 10.2 Å². The third kappa shape index (κ3) is 7.17. The van der Waals surface area contributed by atoms with Gasteiger partial charge in [0, 0.05) is 16.8 Å². The lowest BCUT2D eigenvalue weighted by Gasteiger charge is -2.22. The second-order valence-electron chi connectivity index (χ2n) is 5.97. The Kier molecular flexibility index (Phi) is 8.64. The Morgan fingerprint density at radius 2 is 2.00 bits per heavy atom. The number of thiazole rings is 1. The van der Waals surface area contributed by atoms with Gasteiger partial charge in [0.05, 0.1) is 18.0 Å². The van der Waals surface area contributed by atoms with E-state index in [2.05, 4.69) is 17.2 Å². The van der Waals surface area contributed by atoms with E-state index in [-0.39, 0.29) is 18.4 Å². The highest BCUT2D eigenvalue weighted by Crippen LogP contribution is 2.18. The normalized spacial score (nSPS) is 10.5. The molecule has 0 radical (unpaired) electrons. The molecule has 0 aliphatic carbocycles. The molecule has 2 amide bonds. The van der Waals surface area contributed by atoms with E-state index in [1.165, 1.54) is 23.1 Å². The predicted molar refractivity (Wildman–Crippen MR) is 109 cm³/mol. The van der Waals surface area contributed by atoms with Crippen LogP contribution in [-0.2, 0) is 9.59 Å². The molecule has 0 aliphatic heterocycles. The van der Waals surface area contributed by atoms with Crippen LogP contribution in [0, 0.1) is 6.92 Å². The zero-order valence-corrected chi connectivity index (χ0v) is 16.9. The monoisotopic (exact) mass is 391 g/mol. The molecular formula is C19H25N3O2S2. The van der Waals surface area contributed by atoms with Crippen molar-refractivity contribution in [3.8, 4) is 0 Å². The highest BCUT2D eigenvalue weighted by molar-refractivity contribution is 8.00. The summed E-state index contributed by atoms with van der Waals surface area (Å²) in [5, 5.41) is 5.24. The Hall–Kier alpha value is -1.86. The Morgan fingerprint density at radius 3 is 2.65 bits per heavy atom. The van der Waals surface area contributed by atoms with E-state index in [9.17, 15) is 9.59 Å². The summed E-state index contributed by atoms with van der Waals surface area (Å²) in [6.07, 6.45) is 3.02. The maximum atomic E-state index is 12.6. The molecule has 26 heavy (non-hydrogen) atoms. The molecule has 140 valence electrons. The van der Waals surface area contributed by atoms with E-state index in [4.69, 9.17) is 0 Å². The number of aryl methyl sites for hydroxylation is 1. The van der Waals surface area contributed by atoms with Gasteiger partial charge in [-0.05, 0) is 25.5 Å². The van der Waals surface area contributed by atoms with Crippen LogP contribution in [0.15, 0.2) is 40.6 Å². The first-order valence-electron chi connectivity index (χ1n) is 8.76. The molecule has 1 aromatic heterocycles. The standard InChI is InChI=1S/C19H25N3O2S2/c1-3-4-8-11-22(12-17(23)21-19-20-15(2)13-26-19)18(24)14-25-16-9-6-5-7-10-16/h5-7,9-10,13H,3-4,8,11-12,14H2,1-2H3,(H,20,21,23). The van der Waals surface area contributed by atoms with Gasteiger partial charge >= 0.3 is 0 Å². The summed E-state index contributed by atoms with van der Waals surface area (Å²) in [5.41, 5.74) is 0.875. The summed E-state index contributed by atoms with van der Waals surface area (Å²) in [5.74, 6) is 0.120. The Bertz CT molecular complexity index is 704. The van der Waals surface area contributed by atoms with E-state index < -0.39 is 0 Å². The van der Waals surface area contributed by atoms with Crippen molar-refractivity contribution in [2.75, 3.05) is 24.2 Å². The molecule has 2 rings (SSSR count). The zero-order valence-electron chi connectivity index (χ0n) is 15.2. The summed E-state index contributed by atoms with van der Waals surface area (Å²) in [6, 6.07) is 9.83. The maximum absolute atomic E-state index is 12.6. The zero-order chi connectivity index (χ0) is 18.8. The van der Waals surface area contributed by atoms with E-state index in [1.54, 1.807) is 4.90 Å². The van der Waals surface area contributed by atoms with Crippen LogP contribution in [0.25, 0.3) is 0 Å². The fourth-order valence-electron chi connectivity index (χ4n) is 2.34. The number of amides is 2. The predicted octanol–water partition coefficient (Wildman–Crippen LogP) is 4.20. The molecule has 0 aliphatic rings. The van der Waals surface area contributed by atoms with Crippen molar-refractivity contribution in [3.63, 3.8) is 0 Å². The number of unbranched alkanes of at least 4 members (excludes halogenated alkanes) is 2. The van der Waals surface area contributed by atoms with Crippen molar-refractivity contribution in [2.24, 2.45) is 0 Å². The number of rotatable bonds is 10. The number of anilines is 1. The molecule has 1 N–H and O–H groups in total. The fraction of sp³-hybridized carbons (Fsp3) is 0.421. The van der Waals surface area contributed by atoms with E-state index in [0.29, 0.717) is 17.4 Å². The number of hydrogen-bond donors (Lipinski definition) is 1. The van der Waals surface area contributed by atoms with Crippen molar-refractivity contribution in [1.82, 2.24) is 9.88 Å².